The van der Waals surface area contributed by atoms with Crippen molar-refractivity contribution < 1.29 is 38.0 Å². The van der Waals surface area contributed by atoms with Crippen LogP contribution in [0.2, 0.25) is 5.02 Å². The Balaban J connectivity index is 1.18. The molecule has 3 aromatic carbocycles. The Morgan fingerprint density at radius 3 is 2.54 bits per heavy atom. The topological polar surface area (TPSA) is 173 Å². The van der Waals surface area contributed by atoms with Crippen molar-refractivity contribution in [1.82, 2.24) is 9.97 Å². The zero-order valence-electron chi connectivity index (χ0n) is 28.8. The summed E-state index contributed by atoms with van der Waals surface area (Å²) in [5, 5.41) is 3.22. The van der Waals surface area contributed by atoms with Crippen LogP contribution in [-0.2, 0) is 17.6 Å². The number of allylic oxidation sites excluding steroid dienone is 1. The summed E-state index contributed by atoms with van der Waals surface area (Å²) in [6.45, 7) is 2.81. The van der Waals surface area contributed by atoms with E-state index >= 15 is 4.79 Å². The van der Waals surface area contributed by atoms with Crippen LogP contribution in [0.1, 0.15) is 51.9 Å². The lowest BCUT2D eigenvalue weighted by Crippen LogP contribution is -2.58. The third kappa shape index (κ3) is 4.97. The van der Waals surface area contributed by atoms with E-state index < -0.39 is 34.6 Å². The average Bonchev–Trinajstić information content (AvgIpc) is 3.73. The number of Topliss-reactive ketones (excluding diaryl/α,β-unsaturated/α-hetero) is 2. The van der Waals surface area contributed by atoms with Gasteiger partial charge in [0, 0.05) is 42.0 Å². The number of carbonyl (C=O) groups excluding carboxylic acids is 2. The Hall–Kier alpha value is -5.69. The number of ketones is 2. The summed E-state index contributed by atoms with van der Waals surface area (Å²) in [6, 6.07) is 12.9. The fraction of sp³-hybridized carbons (Fsp3) is 0.316. The van der Waals surface area contributed by atoms with Crippen molar-refractivity contribution in [3.05, 3.63) is 96.9 Å². The number of carbonyl (C=O) groups is 2. The van der Waals surface area contributed by atoms with Gasteiger partial charge in [-0.2, -0.15) is 4.98 Å². The minimum Gasteiger partial charge on any atom is -0.496 e. The number of halogens is 1. The van der Waals surface area contributed by atoms with E-state index in [1.54, 1.807) is 25.1 Å². The van der Waals surface area contributed by atoms with Gasteiger partial charge in [0.05, 0.1) is 40.1 Å². The quantitative estimate of drug-likeness (QED) is 0.207. The summed E-state index contributed by atoms with van der Waals surface area (Å²) < 4.78 is 34.9. The minimum atomic E-state index is -2.01. The van der Waals surface area contributed by atoms with E-state index in [2.05, 4.69) is 21.4 Å². The number of anilines is 2. The van der Waals surface area contributed by atoms with Gasteiger partial charge in [-0.25, -0.2) is 0 Å². The average molecular weight is 727 g/mol. The van der Waals surface area contributed by atoms with E-state index in [0.717, 1.165) is 17.7 Å². The molecule has 0 saturated carbocycles. The lowest BCUT2D eigenvalue weighted by Gasteiger charge is -2.42. The maximum atomic E-state index is 15.1. The SMILES string of the molecule is COc1cc(C2C3=C(CC(C)C4(Oc5c(Cl)c(OC)cc(OC)c5C4=O)C3=O)Nc3nc(N)[nH]c(=O)c32)ccc1OCCc1ccc2c(c1)CCO2. The number of nitrogens with one attached hydrogen (secondary N) is 2. The molecule has 52 heavy (non-hydrogen) atoms. The third-order valence-corrected chi connectivity index (χ3v) is 10.6. The molecule has 14 heteroatoms. The second-order valence-corrected chi connectivity index (χ2v) is 13.5. The van der Waals surface area contributed by atoms with Gasteiger partial charge in [0.15, 0.2) is 17.2 Å². The zero-order chi connectivity index (χ0) is 36.5. The highest BCUT2D eigenvalue weighted by Crippen LogP contribution is 2.56. The van der Waals surface area contributed by atoms with Crippen LogP contribution in [0.15, 0.2) is 58.5 Å². The molecule has 0 radical (unpaired) electrons. The third-order valence-electron chi connectivity index (χ3n) is 10.3. The van der Waals surface area contributed by atoms with Crippen molar-refractivity contribution in [2.45, 2.75) is 37.7 Å². The van der Waals surface area contributed by atoms with E-state index in [9.17, 15) is 9.59 Å². The standard InChI is InChI=1S/C38H35ClN4O9/c1-17-13-21-28(33(44)38(17)34(45)29-25(48-3)16-26(49-4)31(39)32(29)52-38)27(30-35(41-21)42-37(40)43-36(30)46)20-6-8-23(24(15-20)47-2)51-11-9-18-5-7-22-19(14-18)10-12-50-22/h5-8,14-17,27H,9-13H2,1-4H3,(H4,40,41,42,43,46). The lowest BCUT2D eigenvalue weighted by molar-refractivity contribution is -0.130. The maximum absolute atomic E-state index is 15.1. The molecule has 0 saturated heterocycles. The van der Waals surface area contributed by atoms with E-state index in [1.807, 2.05) is 12.1 Å². The number of nitrogens with zero attached hydrogens (tertiary/aromatic N) is 1. The normalized spacial score (nSPS) is 21.0. The van der Waals surface area contributed by atoms with E-state index in [-0.39, 0.29) is 57.2 Å². The van der Waals surface area contributed by atoms with Gasteiger partial charge in [-0.3, -0.25) is 19.4 Å². The first-order chi connectivity index (χ1) is 25.1. The summed E-state index contributed by atoms with van der Waals surface area (Å²) >= 11 is 6.66. The fourth-order valence-corrected chi connectivity index (χ4v) is 8.03. The lowest BCUT2D eigenvalue weighted by atomic mass is 9.66. The smallest absolute Gasteiger partial charge is 0.258 e. The molecule has 1 spiro atoms. The number of aromatic amines is 1. The van der Waals surface area contributed by atoms with Gasteiger partial charge in [0.2, 0.25) is 23.1 Å². The van der Waals surface area contributed by atoms with Crippen molar-refractivity contribution in [2.75, 3.05) is 45.6 Å². The van der Waals surface area contributed by atoms with Crippen LogP contribution in [0.4, 0.5) is 11.8 Å². The van der Waals surface area contributed by atoms with Crippen molar-refractivity contribution in [1.29, 1.82) is 0 Å². The second-order valence-electron chi connectivity index (χ2n) is 13.1. The van der Waals surface area contributed by atoms with E-state index in [4.69, 9.17) is 45.8 Å². The molecule has 4 heterocycles. The number of methoxy groups -OCH3 is 3. The molecular formula is C38H35ClN4O9. The van der Waals surface area contributed by atoms with Crippen molar-refractivity contribution in [2.24, 2.45) is 5.92 Å². The number of hydrogen-bond donors (Lipinski definition) is 3. The highest BCUT2D eigenvalue weighted by molar-refractivity contribution is 6.36. The van der Waals surface area contributed by atoms with Gasteiger partial charge in [-0.05, 0) is 41.3 Å². The Morgan fingerprint density at radius 2 is 1.77 bits per heavy atom. The number of ether oxygens (including phenoxy) is 6. The minimum absolute atomic E-state index is 0.00323. The number of rotatable bonds is 8. The molecule has 4 aliphatic rings. The van der Waals surface area contributed by atoms with Gasteiger partial charge in [0.1, 0.15) is 33.7 Å². The van der Waals surface area contributed by atoms with Crippen molar-refractivity contribution >= 4 is 34.9 Å². The monoisotopic (exact) mass is 726 g/mol. The van der Waals surface area contributed by atoms with Gasteiger partial charge in [0.25, 0.3) is 5.56 Å². The number of benzene rings is 3. The van der Waals surface area contributed by atoms with Crippen LogP contribution in [0, 0.1) is 5.92 Å². The molecule has 4 aromatic rings. The first-order valence-electron chi connectivity index (χ1n) is 16.8. The van der Waals surface area contributed by atoms with Crippen LogP contribution in [0.5, 0.6) is 34.5 Å². The van der Waals surface area contributed by atoms with E-state index in [1.165, 1.54) is 33.0 Å². The summed E-state index contributed by atoms with van der Waals surface area (Å²) in [7, 11) is 4.34. The fourth-order valence-electron chi connectivity index (χ4n) is 7.76. The second kappa shape index (κ2) is 12.5. The molecule has 268 valence electrons. The van der Waals surface area contributed by atoms with Gasteiger partial charge in [-0.1, -0.05) is 36.7 Å². The van der Waals surface area contributed by atoms with Crippen molar-refractivity contribution in [3.8, 4) is 34.5 Å². The summed E-state index contributed by atoms with van der Waals surface area (Å²) in [6.07, 6.45) is 1.73. The number of aromatic nitrogens is 2. The predicted octanol–water partition coefficient (Wildman–Crippen LogP) is 5.02. The highest BCUT2D eigenvalue weighted by atomic mass is 35.5. The summed E-state index contributed by atoms with van der Waals surface area (Å²) in [5.74, 6) is -0.634. The number of fused-ring (bicyclic) bond motifs is 3. The molecule has 3 aliphatic heterocycles. The number of H-pyrrole nitrogens is 1. The molecular weight excluding hydrogens is 692 g/mol. The zero-order valence-corrected chi connectivity index (χ0v) is 29.6. The highest BCUT2D eigenvalue weighted by Gasteiger charge is 2.63. The molecule has 1 aromatic heterocycles. The molecule has 1 aliphatic carbocycles. The Morgan fingerprint density at radius 1 is 0.981 bits per heavy atom. The molecule has 4 N–H and O–H groups in total. The molecule has 0 bridgehead atoms. The summed E-state index contributed by atoms with van der Waals surface area (Å²) in [5.41, 5.74) is 7.08. The van der Waals surface area contributed by atoms with Gasteiger partial charge < -0.3 is 39.5 Å². The predicted molar refractivity (Wildman–Crippen MR) is 191 cm³/mol. The Bertz CT molecular complexity index is 2290. The van der Waals surface area contributed by atoms with Crippen LogP contribution in [0.25, 0.3) is 0 Å². The molecule has 3 unspecified atom stereocenters. The van der Waals surface area contributed by atoms with Crippen LogP contribution < -0.4 is 45.0 Å². The maximum Gasteiger partial charge on any atom is 0.258 e. The number of nitrogen functional groups attached to an aromatic ring is 1. The van der Waals surface area contributed by atoms with Gasteiger partial charge >= 0.3 is 0 Å². The first-order valence-corrected chi connectivity index (χ1v) is 17.2. The Labute approximate surface area is 303 Å². The summed E-state index contributed by atoms with van der Waals surface area (Å²) in [4.78, 5) is 50.2. The van der Waals surface area contributed by atoms with E-state index in [0.29, 0.717) is 42.4 Å². The van der Waals surface area contributed by atoms with Gasteiger partial charge in [-0.15, -0.1) is 0 Å². The molecule has 3 atom stereocenters. The van der Waals surface area contributed by atoms with Crippen LogP contribution in [-0.4, -0.2) is 61.7 Å². The molecule has 0 amide bonds. The van der Waals surface area contributed by atoms with Crippen LogP contribution in [0.3, 0.4) is 0 Å². The first kappa shape index (κ1) is 33.5. The van der Waals surface area contributed by atoms with Crippen LogP contribution >= 0.6 is 11.6 Å². The number of hydrogen-bond acceptors (Lipinski definition) is 12. The molecule has 0 fully saturated rings. The largest absolute Gasteiger partial charge is 0.496 e. The van der Waals surface area contributed by atoms with Crippen molar-refractivity contribution in [3.63, 3.8) is 0 Å². The number of nitrogens with two attached hydrogens (primary N) is 1. The molecule has 13 nitrogen and oxygen atoms in total. The Kier molecular flexibility index (Phi) is 8.05. The molecule has 8 rings (SSSR count).